The molecule has 0 aliphatic heterocycles. The zero-order valence-corrected chi connectivity index (χ0v) is 13.9. The molecule has 3 aromatic rings. The van der Waals surface area contributed by atoms with Crippen LogP contribution in [0.4, 0.5) is 5.82 Å². The third kappa shape index (κ3) is 2.62. The van der Waals surface area contributed by atoms with Gasteiger partial charge in [0.25, 0.3) is 0 Å². The number of allylic oxidation sites excluding steroid dienone is 1. The van der Waals surface area contributed by atoms with Crippen LogP contribution in [0.5, 0.6) is 0 Å². The molecule has 1 aliphatic rings. The van der Waals surface area contributed by atoms with Gasteiger partial charge in [0.05, 0.1) is 6.26 Å². The second-order valence-electron chi connectivity index (χ2n) is 6.34. The average molecular weight is 316 g/mol. The molecule has 3 nitrogen and oxygen atoms in total. The van der Waals surface area contributed by atoms with Gasteiger partial charge >= 0.3 is 0 Å². The zero-order valence-electron chi connectivity index (χ0n) is 13.9. The molecule has 1 unspecified atom stereocenters. The van der Waals surface area contributed by atoms with Crippen molar-refractivity contribution in [2.75, 3.05) is 5.32 Å². The molecule has 0 amide bonds. The van der Waals surface area contributed by atoms with Crippen molar-refractivity contribution in [2.45, 2.75) is 26.3 Å². The molecule has 0 spiro atoms. The number of anilines is 1. The molecule has 3 heteroatoms. The number of benzene rings is 1. The van der Waals surface area contributed by atoms with Crippen molar-refractivity contribution in [3.05, 3.63) is 89.0 Å². The van der Waals surface area contributed by atoms with Crippen LogP contribution in [-0.4, -0.2) is 4.98 Å². The van der Waals surface area contributed by atoms with Crippen LogP contribution in [0.3, 0.4) is 0 Å². The summed E-state index contributed by atoms with van der Waals surface area (Å²) in [5.74, 6) is 1.77. The zero-order chi connectivity index (χ0) is 16.5. The summed E-state index contributed by atoms with van der Waals surface area (Å²) in [5.41, 5.74) is 6.53. The molecule has 120 valence electrons. The number of pyridine rings is 1. The molecule has 2 heterocycles. The Balaban J connectivity index is 1.78. The first kappa shape index (κ1) is 14.8. The van der Waals surface area contributed by atoms with Gasteiger partial charge in [-0.3, -0.25) is 0 Å². The molecule has 2 aromatic heterocycles. The number of nitrogens with zero attached hydrogens (tertiary/aromatic N) is 1. The van der Waals surface area contributed by atoms with E-state index in [1.54, 1.807) is 6.26 Å². The topological polar surface area (TPSA) is 38.1 Å². The van der Waals surface area contributed by atoms with Crippen LogP contribution in [0.2, 0.25) is 0 Å². The predicted octanol–water partition coefficient (Wildman–Crippen LogP) is 5.17. The van der Waals surface area contributed by atoms with Crippen molar-refractivity contribution in [3.8, 4) is 0 Å². The SMILES string of the molecule is CC1=C(C(Nc2cc(C)ccn2)c2ccco2)c2ccccc2C1. The van der Waals surface area contributed by atoms with Crippen LogP contribution >= 0.6 is 0 Å². The lowest BCUT2D eigenvalue weighted by molar-refractivity contribution is 0.505. The van der Waals surface area contributed by atoms with Gasteiger partial charge in [0.1, 0.15) is 17.6 Å². The highest BCUT2D eigenvalue weighted by Crippen LogP contribution is 2.42. The quantitative estimate of drug-likeness (QED) is 0.722. The van der Waals surface area contributed by atoms with Crippen molar-refractivity contribution < 1.29 is 4.42 Å². The van der Waals surface area contributed by atoms with Crippen molar-refractivity contribution in [2.24, 2.45) is 0 Å². The molecule has 0 fully saturated rings. The molecule has 4 rings (SSSR count). The number of aryl methyl sites for hydroxylation is 1. The van der Waals surface area contributed by atoms with Crippen LogP contribution in [-0.2, 0) is 6.42 Å². The molecule has 0 bridgehead atoms. The van der Waals surface area contributed by atoms with E-state index in [2.05, 4.69) is 54.5 Å². The summed E-state index contributed by atoms with van der Waals surface area (Å²) < 4.78 is 5.75. The second kappa shape index (κ2) is 6.00. The van der Waals surface area contributed by atoms with E-state index in [1.165, 1.54) is 27.8 Å². The molecule has 1 aliphatic carbocycles. The van der Waals surface area contributed by atoms with Gasteiger partial charge in [0.2, 0.25) is 0 Å². The van der Waals surface area contributed by atoms with E-state index in [9.17, 15) is 0 Å². The van der Waals surface area contributed by atoms with Gasteiger partial charge in [-0.05, 0) is 66.8 Å². The standard InChI is InChI=1S/C21H20N2O/c1-14-9-10-22-19(12-14)23-21(18-8-5-11-24-18)20-15(2)13-16-6-3-4-7-17(16)20/h3-12,21H,13H2,1-2H3,(H,22,23). The first-order chi connectivity index (χ1) is 11.7. The van der Waals surface area contributed by atoms with Crippen molar-refractivity contribution >= 4 is 11.4 Å². The lowest BCUT2D eigenvalue weighted by Gasteiger charge is -2.21. The molecular weight excluding hydrogens is 296 g/mol. The average Bonchev–Trinajstić information content (AvgIpc) is 3.20. The summed E-state index contributed by atoms with van der Waals surface area (Å²) >= 11 is 0. The van der Waals surface area contributed by atoms with Gasteiger partial charge < -0.3 is 9.73 Å². The molecule has 0 saturated carbocycles. The minimum atomic E-state index is -0.0436. The summed E-state index contributed by atoms with van der Waals surface area (Å²) in [5, 5.41) is 3.57. The highest BCUT2D eigenvalue weighted by molar-refractivity contribution is 5.81. The number of hydrogen-bond donors (Lipinski definition) is 1. The van der Waals surface area contributed by atoms with Gasteiger partial charge in [0, 0.05) is 6.20 Å². The molecule has 1 N–H and O–H groups in total. The minimum Gasteiger partial charge on any atom is -0.467 e. The van der Waals surface area contributed by atoms with Gasteiger partial charge in [-0.25, -0.2) is 4.98 Å². The Hall–Kier alpha value is -2.81. The van der Waals surface area contributed by atoms with E-state index in [4.69, 9.17) is 4.42 Å². The number of hydrogen-bond acceptors (Lipinski definition) is 3. The number of nitrogens with one attached hydrogen (secondary N) is 1. The minimum absolute atomic E-state index is 0.0436. The monoisotopic (exact) mass is 316 g/mol. The Morgan fingerprint density at radius 2 is 1.96 bits per heavy atom. The first-order valence-corrected chi connectivity index (χ1v) is 8.23. The molecule has 1 aromatic carbocycles. The molecule has 0 saturated heterocycles. The smallest absolute Gasteiger partial charge is 0.130 e. The highest BCUT2D eigenvalue weighted by atomic mass is 16.3. The van der Waals surface area contributed by atoms with Gasteiger partial charge in [-0.15, -0.1) is 0 Å². The number of fused-ring (bicyclic) bond motifs is 1. The lowest BCUT2D eigenvalue weighted by Crippen LogP contribution is -2.13. The van der Waals surface area contributed by atoms with Crippen LogP contribution in [0, 0.1) is 6.92 Å². The maximum Gasteiger partial charge on any atom is 0.130 e. The van der Waals surface area contributed by atoms with Crippen molar-refractivity contribution in [1.82, 2.24) is 4.98 Å². The summed E-state index contributed by atoms with van der Waals surface area (Å²) in [6.07, 6.45) is 4.55. The Kier molecular flexibility index (Phi) is 3.69. The Labute approximate surface area is 142 Å². The van der Waals surface area contributed by atoms with E-state index in [0.717, 1.165) is 18.0 Å². The number of aromatic nitrogens is 1. The predicted molar refractivity (Wildman–Crippen MR) is 96.8 cm³/mol. The fraction of sp³-hybridized carbons (Fsp3) is 0.190. The lowest BCUT2D eigenvalue weighted by atomic mass is 9.96. The summed E-state index contributed by atoms with van der Waals surface area (Å²) in [4.78, 5) is 4.47. The first-order valence-electron chi connectivity index (χ1n) is 8.23. The van der Waals surface area contributed by atoms with Gasteiger partial charge in [-0.1, -0.05) is 29.8 Å². The second-order valence-corrected chi connectivity index (χ2v) is 6.34. The number of furan rings is 1. The Morgan fingerprint density at radius 3 is 2.75 bits per heavy atom. The van der Waals surface area contributed by atoms with Crippen LogP contribution in [0.15, 0.2) is 71.0 Å². The van der Waals surface area contributed by atoms with Gasteiger partial charge in [-0.2, -0.15) is 0 Å². The fourth-order valence-electron chi connectivity index (χ4n) is 3.45. The number of rotatable bonds is 4. The highest BCUT2D eigenvalue weighted by Gasteiger charge is 2.28. The Morgan fingerprint density at radius 1 is 1.08 bits per heavy atom. The van der Waals surface area contributed by atoms with Crippen LogP contribution in [0.25, 0.3) is 5.57 Å². The maximum atomic E-state index is 5.75. The largest absolute Gasteiger partial charge is 0.467 e. The van der Waals surface area contributed by atoms with E-state index >= 15 is 0 Å². The van der Waals surface area contributed by atoms with Crippen LogP contribution < -0.4 is 5.32 Å². The van der Waals surface area contributed by atoms with E-state index in [1.807, 2.05) is 24.4 Å². The van der Waals surface area contributed by atoms with Gasteiger partial charge in [0.15, 0.2) is 0 Å². The summed E-state index contributed by atoms with van der Waals surface area (Å²) in [6.45, 7) is 4.28. The van der Waals surface area contributed by atoms with E-state index in [0.29, 0.717) is 0 Å². The fourth-order valence-corrected chi connectivity index (χ4v) is 3.45. The summed E-state index contributed by atoms with van der Waals surface area (Å²) in [6, 6.07) is 16.6. The third-order valence-electron chi connectivity index (χ3n) is 4.55. The molecule has 0 radical (unpaired) electrons. The normalized spacial score (nSPS) is 14.6. The van der Waals surface area contributed by atoms with E-state index < -0.39 is 0 Å². The molecular formula is C21H20N2O. The molecule has 1 atom stereocenters. The van der Waals surface area contributed by atoms with Crippen LogP contribution in [0.1, 0.15) is 35.4 Å². The van der Waals surface area contributed by atoms with Crippen molar-refractivity contribution in [1.29, 1.82) is 0 Å². The maximum absolute atomic E-state index is 5.75. The Bertz CT molecular complexity index is 894. The van der Waals surface area contributed by atoms with E-state index in [-0.39, 0.29) is 6.04 Å². The summed E-state index contributed by atoms with van der Waals surface area (Å²) in [7, 11) is 0. The van der Waals surface area contributed by atoms with Crippen molar-refractivity contribution in [3.63, 3.8) is 0 Å². The third-order valence-corrected chi connectivity index (χ3v) is 4.55. The molecule has 24 heavy (non-hydrogen) atoms.